The molecule has 0 bridgehead atoms. The van der Waals surface area contributed by atoms with E-state index in [-0.39, 0.29) is 18.0 Å². The van der Waals surface area contributed by atoms with Crippen LogP contribution in [0, 0.1) is 6.92 Å². The smallest absolute Gasteiger partial charge is 0.261 e. The molecule has 2 aromatic carbocycles. The second-order valence-electron chi connectivity index (χ2n) is 7.29. The fourth-order valence-electron chi connectivity index (χ4n) is 3.89. The van der Waals surface area contributed by atoms with Crippen LogP contribution in [0.1, 0.15) is 53.1 Å². The van der Waals surface area contributed by atoms with Gasteiger partial charge in [-0.15, -0.1) is 0 Å². The zero-order chi connectivity index (χ0) is 20.2. The van der Waals surface area contributed by atoms with Crippen LogP contribution in [0.25, 0.3) is 0 Å². The molecule has 0 saturated heterocycles. The Morgan fingerprint density at radius 2 is 1.64 bits per heavy atom. The molecule has 3 nitrogen and oxygen atoms in total. The Balaban J connectivity index is 1.99. The zero-order valence-electron chi connectivity index (χ0n) is 15.7. The van der Waals surface area contributed by atoms with Gasteiger partial charge in [0.1, 0.15) is 6.04 Å². The van der Waals surface area contributed by atoms with Crippen LogP contribution < -0.4 is 4.90 Å². The van der Waals surface area contributed by atoms with Crippen LogP contribution in [0.4, 0.5) is 5.69 Å². The summed E-state index contributed by atoms with van der Waals surface area (Å²) in [6, 6.07) is 15.2. The summed E-state index contributed by atoms with van der Waals surface area (Å²) in [5.74, 6) is -0.0274. The van der Waals surface area contributed by atoms with Crippen LogP contribution in [0.2, 0.25) is 10.0 Å². The lowest BCUT2D eigenvalue weighted by Crippen LogP contribution is -2.30. The number of hydrogen-bond acceptors (Lipinski definition) is 1. The second kappa shape index (κ2) is 7.25. The lowest BCUT2D eigenvalue weighted by atomic mass is 10.0. The molecule has 0 saturated carbocycles. The molecule has 3 aromatic rings. The molecule has 0 radical (unpaired) electrons. The predicted octanol–water partition coefficient (Wildman–Crippen LogP) is 7.20. The third-order valence-electron chi connectivity index (χ3n) is 5.13. The van der Waals surface area contributed by atoms with Crippen molar-refractivity contribution >= 4 is 50.7 Å². The minimum absolute atomic E-state index is 0.0274. The van der Waals surface area contributed by atoms with Crippen molar-refractivity contribution in [1.82, 2.24) is 4.57 Å². The lowest BCUT2D eigenvalue weighted by Gasteiger charge is -2.29. The van der Waals surface area contributed by atoms with E-state index in [1.807, 2.05) is 60.4 Å². The highest BCUT2D eigenvalue weighted by molar-refractivity contribution is 9.10. The summed E-state index contributed by atoms with van der Waals surface area (Å²) in [6.45, 7) is 6.22. The SMILES string of the molecule is Cc1ccc(Cl)cc1N1C(=O)c2cc(Br)n(C(C)C)c2C1c1ccc(Cl)cc1. The molecule has 2 heterocycles. The summed E-state index contributed by atoms with van der Waals surface area (Å²) < 4.78 is 3.08. The number of carbonyl (C=O) groups is 1. The zero-order valence-corrected chi connectivity index (χ0v) is 18.8. The van der Waals surface area contributed by atoms with Crippen molar-refractivity contribution in [2.45, 2.75) is 32.9 Å². The molecule has 28 heavy (non-hydrogen) atoms. The number of rotatable bonds is 3. The van der Waals surface area contributed by atoms with Crippen molar-refractivity contribution in [3.05, 3.63) is 85.6 Å². The molecule has 1 aromatic heterocycles. The van der Waals surface area contributed by atoms with E-state index in [2.05, 4.69) is 34.3 Å². The molecule has 6 heteroatoms. The number of carbonyl (C=O) groups excluding carboxylic acids is 1. The molecular formula is C22H19BrCl2N2O. The normalized spacial score (nSPS) is 16.2. The molecule has 144 valence electrons. The maximum Gasteiger partial charge on any atom is 0.261 e. The van der Waals surface area contributed by atoms with Gasteiger partial charge in [-0.25, -0.2) is 0 Å². The molecule has 1 aliphatic rings. The van der Waals surface area contributed by atoms with E-state index < -0.39 is 0 Å². The van der Waals surface area contributed by atoms with Gasteiger partial charge in [-0.3, -0.25) is 9.69 Å². The van der Waals surface area contributed by atoms with Gasteiger partial charge in [0, 0.05) is 21.8 Å². The highest BCUT2D eigenvalue weighted by Crippen LogP contribution is 2.46. The number of aromatic nitrogens is 1. The van der Waals surface area contributed by atoms with Crippen molar-refractivity contribution in [3.63, 3.8) is 0 Å². The molecule has 1 amide bonds. The Kier molecular flexibility index (Phi) is 5.07. The number of amides is 1. The maximum atomic E-state index is 13.5. The Bertz CT molecular complexity index is 1070. The number of hydrogen-bond donors (Lipinski definition) is 0. The first-order valence-electron chi connectivity index (χ1n) is 9.05. The summed E-state index contributed by atoms with van der Waals surface area (Å²) in [4.78, 5) is 15.4. The molecule has 0 aliphatic carbocycles. The Labute approximate surface area is 183 Å². The standard InChI is InChI=1S/C22H19BrCl2N2O/c1-12(2)26-19(23)11-17-21(26)20(14-5-8-15(24)9-6-14)27(22(17)28)18-10-16(25)7-4-13(18)3/h4-12,20H,1-3H3. The van der Waals surface area contributed by atoms with E-state index in [9.17, 15) is 4.79 Å². The largest absolute Gasteiger partial charge is 0.334 e. The van der Waals surface area contributed by atoms with Gasteiger partial charge in [0.05, 0.1) is 15.9 Å². The topological polar surface area (TPSA) is 25.2 Å². The minimum Gasteiger partial charge on any atom is -0.334 e. The third-order valence-corrected chi connectivity index (χ3v) is 6.23. The number of halogens is 3. The molecule has 1 aliphatic heterocycles. The van der Waals surface area contributed by atoms with Gasteiger partial charge < -0.3 is 4.57 Å². The number of anilines is 1. The molecule has 4 rings (SSSR count). The van der Waals surface area contributed by atoms with Gasteiger partial charge in [-0.1, -0.05) is 41.4 Å². The molecular weight excluding hydrogens is 459 g/mol. The molecule has 0 fully saturated rings. The first-order chi connectivity index (χ1) is 13.3. The van der Waals surface area contributed by atoms with E-state index in [4.69, 9.17) is 23.2 Å². The van der Waals surface area contributed by atoms with Crippen molar-refractivity contribution in [1.29, 1.82) is 0 Å². The van der Waals surface area contributed by atoms with Crippen molar-refractivity contribution in [2.75, 3.05) is 4.90 Å². The van der Waals surface area contributed by atoms with Crippen LogP contribution in [-0.2, 0) is 0 Å². The number of aryl methyl sites for hydroxylation is 1. The van der Waals surface area contributed by atoms with Gasteiger partial charge in [-0.05, 0) is 78.2 Å². The van der Waals surface area contributed by atoms with Gasteiger partial charge in [-0.2, -0.15) is 0 Å². The number of benzene rings is 2. The van der Waals surface area contributed by atoms with E-state index in [0.717, 1.165) is 27.1 Å². The van der Waals surface area contributed by atoms with Gasteiger partial charge >= 0.3 is 0 Å². The van der Waals surface area contributed by atoms with Gasteiger partial charge in [0.25, 0.3) is 5.91 Å². The van der Waals surface area contributed by atoms with Crippen LogP contribution in [-0.4, -0.2) is 10.5 Å². The van der Waals surface area contributed by atoms with Gasteiger partial charge in [0.2, 0.25) is 0 Å². The molecule has 0 spiro atoms. The lowest BCUT2D eigenvalue weighted by molar-refractivity contribution is 0.0993. The van der Waals surface area contributed by atoms with Crippen molar-refractivity contribution < 1.29 is 4.79 Å². The summed E-state index contributed by atoms with van der Waals surface area (Å²) in [7, 11) is 0. The highest BCUT2D eigenvalue weighted by atomic mass is 79.9. The van der Waals surface area contributed by atoms with E-state index in [0.29, 0.717) is 15.6 Å². The Hall–Kier alpha value is -1.75. The van der Waals surface area contributed by atoms with E-state index in [1.165, 1.54) is 0 Å². The minimum atomic E-state index is -0.259. The van der Waals surface area contributed by atoms with Crippen molar-refractivity contribution in [2.24, 2.45) is 0 Å². The van der Waals surface area contributed by atoms with Gasteiger partial charge in [0.15, 0.2) is 0 Å². The van der Waals surface area contributed by atoms with Crippen molar-refractivity contribution in [3.8, 4) is 0 Å². The fourth-order valence-corrected chi connectivity index (χ4v) is 5.02. The van der Waals surface area contributed by atoms with E-state index >= 15 is 0 Å². The van der Waals surface area contributed by atoms with Crippen LogP contribution in [0.5, 0.6) is 0 Å². The first kappa shape index (κ1) is 19.6. The third kappa shape index (κ3) is 3.08. The number of nitrogens with zero attached hydrogens (tertiary/aromatic N) is 2. The first-order valence-corrected chi connectivity index (χ1v) is 10.6. The average molecular weight is 478 g/mol. The Morgan fingerprint density at radius 1 is 1.00 bits per heavy atom. The molecule has 0 N–H and O–H groups in total. The average Bonchev–Trinajstić information content (AvgIpc) is 3.11. The highest BCUT2D eigenvalue weighted by Gasteiger charge is 2.43. The fraction of sp³-hybridized carbons (Fsp3) is 0.227. The van der Waals surface area contributed by atoms with E-state index in [1.54, 1.807) is 0 Å². The number of fused-ring (bicyclic) bond motifs is 1. The predicted molar refractivity (Wildman–Crippen MR) is 119 cm³/mol. The molecule has 1 unspecified atom stereocenters. The summed E-state index contributed by atoms with van der Waals surface area (Å²) in [6.07, 6.45) is 0. The summed E-state index contributed by atoms with van der Waals surface area (Å²) in [5, 5.41) is 1.27. The quantitative estimate of drug-likeness (QED) is 0.391. The Morgan fingerprint density at radius 3 is 2.29 bits per heavy atom. The molecule has 1 atom stereocenters. The summed E-state index contributed by atoms with van der Waals surface area (Å²) >= 11 is 16.0. The maximum absolute atomic E-state index is 13.5. The monoisotopic (exact) mass is 476 g/mol. The van der Waals surface area contributed by atoms with Crippen LogP contribution in [0.3, 0.4) is 0 Å². The van der Waals surface area contributed by atoms with Crippen LogP contribution >= 0.6 is 39.1 Å². The van der Waals surface area contributed by atoms with Crippen LogP contribution in [0.15, 0.2) is 53.1 Å². The second-order valence-corrected chi connectivity index (χ2v) is 8.98. The summed E-state index contributed by atoms with van der Waals surface area (Å²) in [5.41, 5.74) is 4.51.